The number of amides is 1. The third-order valence-corrected chi connectivity index (χ3v) is 4.67. The first-order chi connectivity index (χ1) is 10.3. The monoisotopic (exact) mass is 313 g/mol. The summed E-state index contributed by atoms with van der Waals surface area (Å²) in [6, 6.07) is 5.00. The van der Waals surface area contributed by atoms with Crippen molar-refractivity contribution >= 4 is 5.91 Å². The molecule has 3 rings (SSSR count). The molecule has 2 atom stereocenters. The largest absolute Gasteiger partial charge is 0.416 e. The lowest BCUT2D eigenvalue weighted by molar-refractivity contribution is -0.137. The summed E-state index contributed by atoms with van der Waals surface area (Å²) in [5, 5.41) is 12.7. The summed E-state index contributed by atoms with van der Waals surface area (Å²) >= 11 is 0. The van der Waals surface area contributed by atoms with E-state index in [1.807, 2.05) is 0 Å². The van der Waals surface area contributed by atoms with Crippen molar-refractivity contribution in [1.82, 2.24) is 5.32 Å². The number of hydrogen-bond donors (Lipinski definition) is 2. The van der Waals surface area contributed by atoms with Crippen LogP contribution < -0.4 is 5.32 Å². The molecule has 0 radical (unpaired) electrons. The Bertz CT molecular complexity index is 564. The van der Waals surface area contributed by atoms with Gasteiger partial charge < -0.3 is 10.4 Å². The molecule has 0 aromatic heterocycles. The second kappa shape index (κ2) is 5.26. The second-order valence-electron chi connectivity index (χ2n) is 6.36. The molecule has 1 aromatic rings. The summed E-state index contributed by atoms with van der Waals surface area (Å²) < 4.78 is 37.5. The zero-order valence-corrected chi connectivity index (χ0v) is 12.0. The SMILES string of the molecule is O=C(NCC1(O)CCC1)C1CC1c1ccc(C(F)(F)F)cc1. The van der Waals surface area contributed by atoms with Crippen LogP contribution in [0.4, 0.5) is 13.2 Å². The Morgan fingerprint density at radius 1 is 1.27 bits per heavy atom. The van der Waals surface area contributed by atoms with Gasteiger partial charge in [0.1, 0.15) is 0 Å². The standard InChI is InChI=1S/C16H18F3NO2/c17-16(18,19)11-4-2-10(3-5-11)12-8-13(12)14(21)20-9-15(22)6-1-7-15/h2-5,12-13,22H,1,6-9H2,(H,20,21). The third kappa shape index (κ3) is 3.11. The van der Waals surface area contributed by atoms with Crippen LogP contribution in [0.25, 0.3) is 0 Å². The Labute approximate surface area is 126 Å². The Kier molecular flexibility index (Phi) is 3.67. The summed E-state index contributed by atoms with van der Waals surface area (Å²) in [6.45, 7) is 0.266. The Balaban J connectivity index is 1.54. The van der Waals surface area contributed by atoms with E-state index in [4.69, 9.17) is 0 Å². The maximum Gasteiger partial charge on any atom is 0.416 e. The first kappa shape index (κ1) is 15.3. The lowest BCUT2D eigenvalue weighted by Crippen LogP contribution is -2.48. The van der Waals surface area contributed by atoms with Gasteiger partial charge in [-0.05, 0) is 49.3 Å². The molecule has 0 saturated heterocycles. The lowest BCUT2D eigenvalue weighted by atomic mass is 9.80. The molecular formula is C16H18F3NO2. The Hall–Kier alpha value is -1.56. The number of nitrogens with one attached hydrogen (secondary N) is 1. The minimum atomic E-state index is -4.34. The van der Waals surface area contributed by atoms with E-state index >= 15 is 0 Å². The molecule has 120 valence electrons. The Morgan fingerprint density at radius 3 is 2.41 bits per heavy atom. The molecule has 6 heteroatoms. The topological polar surface area (TPSA) is 49.3 Å². The fraction of sp³-hybridized carbons (Fsp3) is 0.562. The van der Waals surface area contributed by atoms with Crippen molar-refractivity contribution in [3.63, 3.8) is 0 Å². The molecule has 0 heterocycles. The van der Waals surface area contributed by atoms with Crippen LogP contribution in [0.2, 0.25) is 0 Å². The van der Waals surface area contributed by atoms with E-state index in [1.54, 1.807) is 0 Å². The van der Waals surface area contributed by atoms with Crippen LogP contribution in [-0.4, -0.2) is 23.2 Å². The first-order valence-corrected chi connectivity index (χ1v) is 7.46. The fourth-order valence-corrected chi connectivity index (χ4v) is 2.92. The van der Waals surface area contributed by atoms with Crippen molar-refractivity contribution in [2.75, 3.05) is 6.54 Å². The molecule has 1 aromatic carbocycles. The summed E-state index contributed by atoms with van der Waals surface area (Å²) in [5.41, 5.74) is -0.672. The van der Waals surface area contributed by atoms with Crippen LogP contribution in [0.5, 0.6) is 0 Å². The second-order valence-corrected chi connectivity index (χ2v) is 6.36. The number of carbonyl (C=O) groups excluding carboxylic acids is 1. The van der Waals surface area contributed by atoms with Gasteiger partial charge >= 0.3 is 6.18 Å². The molecule has 0 aliphatic heterocycles. The van der Waals surface area contributed by atoms with Gasteiger partial charge in [-0.15, -0.1) is 0 Å². The smallest absolute Gasteiger partial charge is 0.388 e. The third-order valence-electron chi connectivity index (χ3n) is 4.67. The van der Waals surface area contributed by atoms with Gasteiger partial charge in [0.2, 0.25) is 5.91 Å². The number of benzene rings is 1. The van der Waals surface area contributed by atoms with Crippen LogP contribution >= 0.6 is 0 Å². The highest BCUT2D eigenvalue weighted by Gasteiger charge is 2.45. The zero-order chi connectivity index (χ0) is 16.0. The van der Waals surface area contributed by atoms with Crippen LogP contribution in [0.3, 0.4) is 0 Å². The molecule has 3 nitrogen and oxygen atoms in total. The molecule has 0 bridgehead atoms. The highest BCUT2D eigenvalue weighted by molar-refractivity contribution is 5.83. The van der Waals surface area contributed by atoms with Gasteiger partial charge in [0, 0.05) is 12.5 Å². The maximum atomic E-state index is 12.5. The Morgan fingerprint density at radius 2 is 1.91 bits per heavy atom. The van der Waals surface area contributed by atoms with Gasteiger partial charge in [0.05, 0.1) is 11.2 Å². The van der Waals surface area contributed by atoms with Crippen LogP contribution in [0.1, 0.15) is 42.7 Å². The maximum absolute atomic E-state index is 12.5. The summed E-state index contributed by atoms with van der Waals surface area (Å²) in [5.74, 6) is -0.330. The van der Waals surface area contributed by atoms with E-state index in [2.05, 4.69) is 5.32 Å². The van der Waals surface area contributed by atoms with Gasteiger partial charge in [0.25, 0.3) is 0 Å². The van der Waals surface area contributed by atoms with Crippen LogP contribution in [0.15, 0.2) is 24.3 Å². The number of halogens is 3. The molecule has 2 N–H and O–H groups in total. The molecular weight excluding hydrogens is 295 g/mol. The minimum Gasteiger partial charge on any atom is -0.388 e. The zero-order valence-electron chi connectivity index (χ0n) is 12.0. The number of rotatable bonds is 4. The van der Waals surface area contributed by atoms with Crippen molar-refractivity contribution in [3.05, 3.63) is 35.4 Å². The molecule has 2 fully saturated rings. The van der Waals surface area contributed by atoms with Gasteiger partial charge in [-0.25, -0.2) is 0 Å². The predicted octanol–water partition coefficient (Wildman–Crippen LogP) is 2.84. The predicted molar refractivity (Wildman–Crippen MR) is 74.1 cm³/mol. The van der Waals surface area contributed by atoms with Gasteiger partial charge in [0.15, 0.2) is 0 Å². The molecule has 2 aliphatic carbocycles. The molecule has 0 spiro atoms. The highest BCUT2D eigenvalue weighted by atomic mass is 19.4. The van der Waals surface area contributed by atoms with Crippen molar-refractivity contribution < 1.29 is 23.1 Å². The molecule has 2 aliphatic rings. The van der Waals surface area contributed by atoms with Crippen molar-refractivity contribution in [3.8, 4) is 0 Å². The highest BCUT2D eigenvalue weighted by Crippen LogP contribution is 2.48. The van der Waals surface area contributed by atoms with Crippen LogP contribution in [-0.2, 0) is 11.0 Å². The summed E-state index contributed by atoms with van der Waals surface area (Å²) in [6.07, 6.45) is -1.29. The van der Waals surface area contributed by atoms with E-state index in [0.29, 0.717) is 19.3 Å². The fourth-order valence-electron chi connectivity index (χ4n) is 2.92. The van der Waals surface area contributed by atoms with E-state index in [1.165, 1.54) is 12.1 Å². The van der Waals surface area contributed by atoms with E-state index < -0.39 is 17.3 Å². The molecule has 22 heavy (non-hydrogen) atoms. The average molecular weight is 313 g/mol. The molecule has 1 amide bonds. The first-order valence-electron chi connectivity index (χ1n) is 7.46. The molecule has 2 saturated carbocycles. The summed E-state index contributed by atoms with van der Waals surface area (Å²) in [7, 11) is 0. The van der Waals surface area contributed by atoms with E-state index in [-0.39, 0.29) is 24.3 Å². The minimum absolute atomic E-state index is 0.0154. The van der Waals surface area contributed by atoms with E-state index in [0.717, 1.165) is 24.1 Å². The number of carbonyl (C=O) groups is 1. The van der Waals surface area contributed by atoms with Crippen molar-refractivity contribution in [2.24, 2.45) is 5.92 Å². The molecule has 2 unspecified atom stereocenters. The van der Waals surface area contributed by atoms with Crippen molar-refractivity contribution in [2.45, 2.75) is 43.4 Å². The normalized spacial score (nSPS) is 26.2. The van der Waals surface area contributed by atoms with Crippen molar-refractivity contribution in [1.29, 1.82) is 0 Å². The number of aliphatic hydroxyl groups is 1. The quantitative estimate of drug-likeness (QED) is 0.898. The van der Waals surface area contributed by atoms with Gasteiger partial charge in [-0.1, -0.05) is 12.1 Å². The van der Waals surface area contributed by atoms with Gasteiger partial charge in [-0.3, -0.25) is 4.79 Å². The number of hydrogen-bond acceptors (Lipinski definition) is 2. The van der Waals surface area contributed by atoms with E-state index in [9.17, 15) is 23.1 Å². The van der Waals surface area contributed by atoms with Crippen LogP contribution in [0, 0.1) is 5.92 Å². The number of alkyl halides is 3. The lowest BCUT2D eigenvalue weighted by Gasteiger charge is -2.36. The van der Waals surface area contributed by atoms with Gasteiger partial charge in [-0.2, -0.15) is 13.2 Å². The summed E-state index contributed by atoms with van der Waals surface area (Å²) in [4.78, 5) is 12.0. The average Bonchev–Trinajstić information content (AvgIpc) is 3.22.